The summed E-state index contributed by atoms with van der Waals surface area (Å²) in [6.07, 6.45) is 1.96. The van der Waals surface area contributed by atoms with Crippen LogP contribution in [0.5, 0.6) is 5.75 Å². The summed E-state index contributed by atoms with van der Waals surface area (Å²) in [6, 6.07) is 13.0. The highest BCUT2D eigenvalue weighted by Gasteiger charge is 2.23. The fraction of sp³-hybridized carbons (Fsp3) is 0.400. The zero-order valence-electron chi connectivity index (χ0n) is 18.9. The number of methoxy groups -OCH3 is 1. The average molecular weight is 456 g/mol. The highest BCUT2D eigenvalue weighted by Crippen LogP contribution is 2.14. The molecular weight excluding hydrogens is 425 g/mol. The summed E-state index contributed by atoms with van der Waals surface area (Å²) in [5.41, 5.74) is 1.47. The van der Waals surface area contributed by atoms with Crippen LogP contribution in [-0.4, -0.2) is 67.4 Å². The highest BCUT2D eigenvalue weighted by atomic mass is 19.1. The lowest BCUT2D eigenvalue weighted by Crippen LogP contribution is -2.50. The maximum Gasteiger partial charge on any atom is 0.251 e. The molecule has 0 aromatic heterocycles. The van der Waals surface area contributed by atoms with E-state index in [9.17, 15) is 18.8 Å². The molecule has 176 valence electrons. The molecule has 1 heterocycles. The number of hydrogen-bond donors (Lipinski definition) is 1. The molecule has 1 N–H and O–H groups in total. The highest BCUT2D eigenvalue weighted by molar-refractivity contribution is 5.94. The topological polar surface area (TPSA) is 79.0 Å². The van der Waals surface area contributed by atoms with E-state index in [1.807, 2.05) is 29.2 Å². The molecule has 33 heavy (non-hydrogen) atoms. The molecule has 0 aliphatic carbocycles. The predicted octanol–water partition coefficient (Wildman–Crippen LogP) is 2.65. The normalized spacial score (nSPS) is 13.5. The Hall–Kier alpha value is -3.42. The first kappa shape index (κ1) is 24.2. The van der Waals surface area contributed by atoms with Crippen LogP contribution in [0.4, 0.5) is 4.39 Å². The summed E-state index contributed by atoms with van der Waals surface area (Å²) < 4.78 is 18.1. The number of carbonyl (C=O) groups is 3. The van der Waals surface area contributed by atoms with Crippen LogP contribution < -0.4 is 10.1 Å². The molecule has 8 heteroatoms. The molecule has 0 atom stereocenters. The van der Waals surface area contributed by atoms with Gasteiger partial charge in [0.25, 0.3) is 5.91 Å². The van der Waals surface area contributed by atoms with Crippen molar-refractivity contribution in [1.29, 1.82) is 0 Å². The number of benzene rings is 2. The van der Waals surface area contributed by atoms with Crippen molar-refractivity contribution in [3.8, 4) is 5.75 Å². The van der Waals surface area contributed by atoms with Crippen molar-refractivity contribution >= 4 is 17.7 Å². The Labute approximate surface area is 193 Å². The Kier molecular flexibility index (Phi) is 8.80. The molecule has 0 unspecified atom stereocenters. The van der Waals surface area contributed by atoms with E-state index in [-0.39, 0.29) is 17.7 Å². The molecule has 1 aliphatic rings. The molecule has 2 aromatic carbocycles. The molecule has 1 saturated heterocycles. The van der Waals surface area contributed by atoms with Gasteiger partial charge in [0.2, 0.25) is 11.8 Å². The van der Waals surface area contributed by atoms with E-state index >= 15 is 0 Å². The Balaban J connectivity index is 1.31. The Bertz CT molecular complexity index is 939. The van der Waals surface area contributed by atoms with E-state index in [0.717, 1.165) is 11.3 Å². The van der Waals surface area contributed by atoms with Gasteiger partial charge in [0.15, 0.2) is 0 Å². The van der Waals surface area contributed by atoms with Crippen molar-refractivity contribution in [3.63, 3.8) is 0 Å². The fourth-order valence-corrected chi connectivity index (χ4v) is 3.71. The molecule has 1 fully saturated rings. The summed E-state index contributed by atoms with van der Waals surface area (Å²) in [5.74, 6) is 0.235. The number of aryl methyl sites for hydroxylation is 1. The second-order valence-electron chi connectivity index (χ2n) is 7.98. The minimum atomic E-state index is -0.392. The van der Waals surface area contributed by atoms with Crippen molar-refractivity contribution in [2.24, 2.45) is 0 Å². The monoisotopic (exact) mass is 455 g/mol. The van der Waals surface area contributed by atoms with Crippen LogP contribution in [-0.2, 0) is 16.0 Å². The van der Waals surface area contributed by atoms with Gasteiger partial charge < -0.3 is 19.9 Å². The van der Waals surface area contributed by atoms with Gasteiger partial charge in [-0.15, -0.1) is 0 Å². The van der Waals surface area contributed by atoms with E-state index in [1.165, 1.54) is 24.3 Å². The SMILES string of the molecule is COc1ccc(CCC(=O)N2CCN(C(=O)CCCNC(=O)c3ccc(F)cc3)CC2)cc1. The number of carbonyl (C=O) groups excluding carboxylic acids is 3. The Morgan fingerprint density at radius 2 is 1.45 bits per heavy atom. The minimum Gasteiger partial charge on any atom is -0.497 e. The number of nitrogens with zero attached hydrogens (tertiary/aromatic N) is 2. The molecule has 3 rings (SSSR count). The van der Waals surface area contributed by atoms with Crippen LogP contribution in [0, 0.1) is 5.82 Å². The number of rotatable bonds is 9. The number of halogens is 1. The molecule has 1 aliphatic heterocycles. The van der Waals surface area contributed by atoms with E-state index < -0.39 is 5.82 Å². The van der Waals surface area contributed by atoms with Gasteiger partial charge in [-0.1, -0.05) is 12.1 Å². The first-order valence-corrected chi connectivity index (χ1v) is 11.2. The third kappa shape index (κ3) is 7.30. The van der Waals surface area contributed by atoms with Crippen LogP contribution in [0.15, 0.2) is 48.5 Å². The minimum absolute atomic E-state index is 0.0244. The molecule has 0 spiro atoms. The first-order valence-electron chi connectivity index (χ1n) is 11.2. The molecule has 3 amide bonds. The van der Waals surface area contributed by atoms with Gasteiger partial charge in [0.1, 0.15) is 11.6 Å². The van der Waals surface area contributed by atoms with Gasteiger partial charge in [0.05, 0.1) is 7.11 Å². The quantitative estimate of drug-likeness (QED) is 0.590. The van der Waals surface area contributed by atoms with Crippen molar-refractivity contribution in [2.75, 3.05) is 39.8 Å². The van der Waals surface area contributed by atoms with E-state index in [0.29, 0.717) is 64.0 Å². The van der Waals surface area contributed by atoms with Crippen molar-refractivity contribution in [2.45, 2.75) is 25.7 Å². The average Bonchev–Trinajstić information content (AvgIpc) is 2.85. The van der Waals surface area contributed by atoms with Crippen LogP contribution in [0.2, 0.25) is 0 Å². The van der Waals surface area contributed by atoms with Gasteiger partial charge in [-0.05, 0) is 54.8 Å². The Morgan fingerprint density at radius 1 is 0.879 bits per heavy atom. The molecule has 0 radical (unpaired) electrons. The molecule has 0 saturated carbocycles. The summed E-state index contributed by atoms with van der Waals surface area (Å²) in [5, 5.41) is 2.74. The first-order chi connectivity index (χ1) is 16.0. The second-order valence-corrected chi connectivity index (χ2v) is 7.98. The summed E-state index contributed by atoms with van der Waals surface area (Å²) >= 11 is 0. The summed E-state index contributed by atoms with van der Waals surface area (Å²) in [7, 11) is 1.62. The van der Waals surface area contributed by atoms with Crippen molar-refractivity contribution in [3.05, 3.63) is 65.5 Å². The lowest BCUT2D eigenvalue weighted by Gasteiger charge is -2.35. The maximum atomic E-state index is 12.9. The van der Waals surface area contributed by atoms with Gasteiger partial charge >= 0.3 is 0 Å². The van der Waals surface area contributed by atoms with E-state index in [1.54, 1.807) is 12.0 Å². The number of ether oxygens (including phenoxy) is 1. The van der Waals surface area contributed by atoms with Crippen LogP contribution in [0.1, 0.15) is 35.2 Å². The molecular formula is C25H30FN3O4. The smallest absolute Gasteiger partial charge is 0.251 e. The number of piperazine rings is 1. The zero-order valence-corrected chi connectivity index (χ0v) is 18.9. The predicted molar refractivity (Wildman–Crippen MR) is 122 cm³/mol. The Morgan fingerprint density at radius 3 is 2.03 bits per heavy atom. The third-order valence-corrected chi connectivity index (χ3v) is 5.73. The van der Waals surface area contributed by atoms with Crippen LogP contribution >= 0.6 is 0 Å². The van der Waals surface area contributed by atoms with Gasteiger partial charge in [-0.2, -0.15) is 0 Å². The van der Waals surface area contributed by atoms with Crippen molar-refractivity contribution < 1.29 is 23.5 Å². The van der Waals surface area contributed by atoms with Crippen molar-refractivity contribution in [1.82, 2.24) is 15.1 Å². The number of hydrogen-bond acceptors (Lipinski definition) is 4. The van der Waals surface area contributed by atoms with Gasteiger partial charge in [0, 0.05) is 51.1 Å². The second kappa shape index (κ2) is 12.0. The lowest BCUT2D eigenvalue weighted by molar-refractivity contribution is -0.139. The standard InChI is InChI=1S/C25H30FN3O4/c1-33-22-11-4-19(5-12-22)6-13-24(31)29-17-15-28(16-18-29)23(30)3-2-14-27-25(32)20-7-9-21(26)10-8-20/h4-5,7-12H,2-3,6,13-18H2,1H3,(H,27,32). The van der Waals surface area contributed by atoms with Crippen LogP contribution in [0.25, 0.3) is 0 Å². The maximum absolute atomic E-state index is 12.9. The van der Waals surface area contributed by atoms with Crippen LogP contribution in [0.3, 0.4) is 0 Å². The molecule has 0 bridgehead atoms. The fourth-order valence-electron chi connectivity index (χ4n) is 3.71. The number of amides is 3. The summed E-state index contributed by atoms with van der Waals surface area (Å²) in [6.45, 7) is 2.48. The summed E-state index contributed by atoms with van der Waals surface area (Å²) in [4.78, 5) is 40.6. The molecule has 2 aromatic rings. The van der Waals surface area contributed by atoms with E-state index in [2.05, 4.69) is 5.32 Å². The number of nitrogens with one attached hydrogen (secondary N) is 1. The molecule has 7 nitrogen and oxygen atoms in total. The zero-order chi connectivity index (χ0) is 23.6. The third-order valence-electron chi connectivity index (χ3n) is 5.73. The van der Waals surface area contributed by atoms with E-state index in [4.69, 9.17) is 4.74 Å². The van der Waals surface area contributed by atoms with Gasteiger partial charge in [-0.3, -0.25) is 14.4 Å². The lowest BCUT2D eigenvalue weighted by atomic mass is 10.1. The largest absolute Gasteiger partial charge is 0.497 e. The van der Waals surface area contributed by atoms with Gasteiger partial charge in [-0.25, -0.2) is 4.39 Å².